The summed E-state index contributed by atoms with van der Waals surface area (Å²) < 4.78 is 4.54. The Morgan fingerprint density at radius 1 is 1.33 bits per heavy atom. The molecule has 0 radical (unpaired) electrons. The highest BCUT2D eigenvalue weighted by Gasteiger charge is 2.32. The van der Waals surface area contributed by atoms with Gasteiger partial charge in [0.05, 0.1) is 0 Å². The predicted molar refractivity (Wildman–Crippen MR) is 79.5 cm³/mol. The molecule has 2 bridgehead atoms. The van der Waals surface area contributed by atoms with Crippen molar-refractivity contribution in [3.05, 3.63) is 35.9 Å². The number of rotatable bonds is 3. The van der Waals surface area contributed by atoms with E-state index in [4.69, 9.17) is 0 Å². The summed E-state index contributed by atoms with van der Waals surface area (Å²) in [6.45, 7) is 1.85. The lowest BCUT2D eigenvalue weighted by atomic mass is 10.00. The fourth-order valence-corrected chi connectivity index (χ4v) is 2.78. The van der Waals surface area contributed by atoms with Gasteiger partial charge in [-0.2, -0.15) is 0 Å². The lowest BCUT2D eigenvalue weighted by Crippen LogP contribution is -2.43. The second-order valence-electron chi connectivity index (χ2n) is 5.53. The lowest BCUT2D eigenvalue weighted by molar-refractivity contribution is -0.129. The van der Waals surface area contributed by atoms with Crippen LogP contribution in [0.25, 0.3) is 0 Å². The SMILES string of the molecule is CN1CC2CCC1CC(=O)N2.O=COCc1ccccc1. The van der Waals surface area contributed by atoms with Gasteiger partial charge in [0.1, 0.15) is 6.61 Å². The molecule has 5 heteroatoms. The Labute approximate surface area is 125 Å². The Balaban J connectivity index is 0.000000155. The third-order valence-electron chi connectivity index (χ3n) is 3.93. The number of hydrogen-bond acceptors (Lipinski definition) is 4. The summed E-state index contributed by atoms with van der Waals surface area (Å²) in [6.07, 6.45) is 3.05. The first-order chi connectivity index (χ1) is 10.2. The van der Waals surface area contributed by atoms with Crippen molar-refractivity contribution in [2.75, 3.05) is 13.6 Å². The van der Waals surface area contributed by atoms with E-state index in [9.17, 15) is 9.59 Å². The number of hydrogen-bond donors (Lipinski definition) is 1. The summed E-state index contributed by atoms with van der Waals surface area (Å²) in [5.41, 5.74) is 1.01. The highest BCUT2D eigenvalue weighted by atomic mass is 16.5. The monoisotopic (exact) mass is 290 g/mol. The molecule has 4 rings (SSSR count). The van der Waals surface area contributed by atoms with Gasteiger partial charge >= 0.3 is 0 Å². The van der Waals surface area contributed by atoms with Crippen LogP contribution >= 0.6 is 0 Å². The van der Waals surface area contributed by atoms with Crippen molar-refractivity contribution in [3.8, 4) is 0 Å². The van der Waals surface area contributed by atoms with E-state index in [2.05, 4.69) is 22.0 Å². The molecule has 1 aromatic rings. The Hall–Kier alpha value is -1.88. The Kier molecular flexibility index (Phi) is 5.75. The minimum absolute atomic E-state index is 0.238. The summed E-state index contributed by atoms with van der Waals surface area (Å²) in [7, 11) is 2.11. The zero-order valence-electron chi connectivity index (χ0n) is 12.3. The van der Waals surface area contributed by atoms with E-state index in [1.165, 1.54) is 12.8 Å². The molecule has 1 amide bonds. The normalized spacial score (nSPS) is 24.3. The maximum Gasteiger partial charge on any atom is 0.293 e. The van der Waals surface area contributed by atoms with Gasteiger partial charge in [0.2, 0.25) is 5.91 Å². The molecule has 2 unspecified atom stereocenters. The van der Waals surface area contributed by atoms with E-state index in [-0.39, 0.29) is 5.91 Å². The molecule has 0 aromatic heterocycles. The molecule has 3 saturated heterocycles. The number of nitrogens with one attached hydrogen (secondary N) is 1. The number of amides is 1. The maximum absolute atomic E-state index is 11.2. The largest absolute Gasteiger partial charge is 0.463 e. The first kappa shape index (κ1) is 15.5. The molecule has 3 aliphatic rings. The summed E-state index contributed by atoms with van der Waals surface area (Å²) in [5.74, 6) is 0.238. The topological polar surface area (TPSA) is 58.6 Å². The highest BCUT2D eigenvalue weighted by Crippen LogP contribution is 2.21. The van der Waals surface area contributed by atoms with Gasteiger partial charge < -0.3 is 15.0 Å². The van der Waals surface area contributed by atoms with Crippen molar-refractivity contribution in [2.24, 2.45) is 0 Å². The van der Waals surface area contributed by atoms with E-state index in [0.717, 1.165) is 12.1 Å². The average molecular weight is 290 g/mol. The minimum atomic E-state index is 0.238. The van der Waals surface area contributed by atoms with Crippen molar-refractivity contribution in [1.29, 1.82) is 0 Å². The standard InChI is InChI=1S/C8H14N2O.C8H8O2/c1-10-5-6-2-3-7(10)4-8(11)9-6;9-7-10-6-8-4-2-1-3-5-8/h6-7H,2-5H2,1H3,(H,9,11);1-5,7H,6H2. The Bertz CT molecular complexity index is 464. The van der Waals surface area contributed by atoms with Gasteiger partial charge in [-0.1, -0.05) is 30.3 Å². The number of ether oxygens (including phenoxy) is 1. The fraction of sp³-hybridized carbons (Fsp3) is 0.500. The average Bonchev–Trinajstić information content (AvgIpc) is 2.75. The molecule has 1 aromatic carbocycles. The molecular weight excluding hydrogens is 268 g/mol. The molecule has 3 aliphatic heterocycles. The second-order valence-corrected chi connectivity index (χ2v) is 5.53. The second kappa shape index (κ2) is 7.78. The van der Waals surface area contributed by atoms with Crippen LogP contribution < -0.4 is 5.32 Å². The lowest BCUT2D eigenvalue weighted by Gasteiger charge is -2.32. The first-order valence-corrected chi connectivity index (χ1v) is 7.28. The molecule has 1 N–H and O–H groups in total. The first-order valence-electron chi connectivity index (χ1n) is 7.28. The van der Waals surface area contributed by atoms with Gasteiger partial charge in [-0.05, 0) is 25.5 Å². The Morgan fingerprint density at radius 2 is 2.10 bits per heavy atom. The number of carbonyl (C=O) groups is 2. The highest BCUT2D eigenvalue weighted by molar-refractivity contribution is 5.77. The van der Waals surface area contributed by atoms with Crippen molar-refractivity contribution in [1.82, 2.24) is 10.2 Å². The van der Waals surface area contributed by atoms with Crippen LogP contribution in [0.15, 0.2) is 30.3 Å². The van der Waals surface area contributed by atoms with Crippen LogP contribution in [0.4, 0.5) is 0 Å². The molecule has 5 nitrogen and oxygen atoms in total. The van der Waals surface area contributed by atoms with E-state index in [1.54, 1.807) is 0 Å². The van der Waals surface area contributed by atoms with Crippen LogP contribution in [0.1, 0.15) is 24.8 Å². The van der Waals surface area contributed by atoms with Crippen molar-refractivity contribution in [2.45, 2.75) is 38.0 Å². The van der Waals surface area contributed by atoms with Crippen LogP contribution in [0.5, 0.6) is 0 Å². The van der Waals surface area contributed by atoms with E-state index in [0.29, 0.717) is 31.6 Å². The predicted octanol–water partition coefficient (Wildman–Crippen LogP) is 1.33. The van der Waals surface area contributed by atoms with Crippen LogP contribution in [-0.2, 0) is 20.9 Å². The molecule has 0 aliphatic carbocycles. The quantitative estimate of drug-likeness (QED) is 0.853. The van der Waals surface area contributed by atoms with Gasteiger partial charge in [0.25, 0.3) is 6.47 Å². The van der Waals surface area contributed by atoms with Crippen molar-refractivity contribution >= 4 is 12.4 Å². The van der Waals surface area contributed by atoms with Crippen LogP contribution in [0.2, 0.25) is 0 Å². The van der Waals surface area contributed by atoms with Crippen molar-refractivity contribution in [3.63, 3.8) is 0 Å². The van der Waals surface area contributed by atoms with Gasteiger partial charge in [-0.15, -0.1) is 0 Å². The van der Waals surface area contributed by atoms with Crippen LogP contribution in [0, 0.1) is 0 Å². The van der Waals surface area contributed by atoms with E-state index >= 15 is 0 Å². The smallest absolute Gasteiger partial charge is 0.293 e. The molecule has 2 atom stereocenters. The number of nitrogens with zero attached hydrogens (tertiary/aromatic N) is 1. The number of piperidine rings is 1. The zero-order valence-corrected chi connectivity index (χ0v) is 12.3. The van der Waals surface area contributed by atoms with Gasteiger partial charge in [0.15, 0.2) is 0 Å². The van der Waals surface area contributed by atoms with E-state index in [1.807, 2.05) is 30.3 Å². The fourth-order valence-electron chi connectivity index (χ4n) is 2.78. The molecule has 21 heavy (non-hydrogen) atoms. The molecule has 0 saturated carbocycles. The van der Waals surface area contributed by atoms with Gasteiger partial charge in [-0.25, -0.2) is 0 Å². The van der Waals surface area contributed by atoms with E-state index < -0.39 is 0 Å². The zero-order chi connectivity index (χ0) is 15.1. The van der Waals surface area contributed by atoms with Gasteiger partial charge in [-0.3, -0.25) is 9.59 Å². The molecule has 114 valence electrons. The molecule has 0 spiro atoms. The molecule has 3 heterocycles. The number of likely N-dealkylation sites (N-methyl/N-ethyl adjacent to an activating group) is 1. The minimum Gasteiger partial charge on any atom is -0.463 e. The van der Waals surface area contributed by atoms with Crippen molar-refractivity contribution < 1.29 is 14.3 Å². The van der Waals surface area contributed by atoms with Crippen LogP contribution in [-0.4, -0.2) is 43.0 Å². The summed E-state index contributed by atoms with van der Waals surface area (Å²) in [5, 5.41) is 3.02. The summed E-state index contributed by atoms with van der Waals surface area (Å²) in [4.78, 5) is 23.2. The molecular formula is C16H22N2O3. The Morgan fingerprint density at radius 3 is 2.76 bits per heavy atom. The summed E-state index contributed by atoms with van der Waals surface area (Å²) in [6, 6.07) is 10.5. The van der Waals surface area contributed by atoms with Gasteiger partial charge in [0, 0.05) is 25.0 Å². The summed E-state index contributed by atoms with van der Waals surface area (Å²) >= 11 is 0. The third kappa shape index (κ3) is 4.86. The maximum atomic E-state index is 11.2. The number of fused-ring (bicyclic) bond motifs is 4. The van der Waals surface area contributed by atoms with Crippen LogP contribution in [0.3, 0.4) is 0 Å². The third-order valence-corrected chi connectivity index (χ3v) is 3.93. The number of carbonyl (C=O) groups excluding carboxylic acids is 2. The number of benzene rings is 1. The molecule has 3 fully saturated rings.